The molecule has 108 valence electrons. The van der Waals surface area contributed by atoms with Gasteiger partial charge >= 0.3 is 0 Å². The molecule has 2 heterocycles. The van der Waals surface area contributed by atoms with Gasteiger partial charge in [-0.15, -0.1) is 0 Å². The fraction of sp³-hybridized carbons (Fsp3) is 0.562. The number of carbonyl (C=O) groups is 1. The van der Waals surface area contributed by atoms with Gasteiger partial charge in [0.25, 0.3) is 0 Å². The van der Waals surface area contributed by atoms with Crippen LogP contribution in [-0.4, -0.2) is 42.4 Å². The number of nitrogens with zero attached hydrogens (tertiary/aromatic N) is 2. The molecule has 0 spiro atoms. The van der Waals surface area contributed by atoms with Gasteiger partial charge in [0.2, 0.25) is 6.41 Å². The van der Waals surface area contributed by atoms with Gasteiger partial charge in [-0.2, -0.15) is 0 Å². The highest BCUT2D eigenvalue weighted by molar-refractivity contribution is 9.10. The van der Waals surface area contributed by atoms with Crippen molar-refractivity contribution in [2.45, 2.75) is 31.2 Å². The Morgan fingerprint density at radius 1 is 1.10 bits per heavy atom. The van der Waals surface area contributed by atoms with Crippen molar-refractivity contribution in [2.24, 2.45) is 0 Å². The van der Waals surface area contributed by atoms with E-state index in [9.17, 15) is 4.79 Å². The lowest BCUT2D eigenvalue weighted by Crippen LogP contribution is -2.48. The lowest BCUT2D eigenvalue weighted by atomic mass is 9.86. The molecule has 0 radical (unpaired) electrons. The maximum atomic E-state index is 11.5. The summed E-state index contributed by atoms with van der Waals surface area (Å²) in [7, 11) is 0. The lowest BCUT2D eigenvalue weighted by molar-refractivity contribution is -0.122. The van der Waals surface area contributed by atoms with Crippen LogP contribution in [0.3, 0.4) is 0 Å². The smallest absolute Gasteiger partial charge is 0.210 e. The number of hydrogen-bond acceptors (Lipinski definition) is 2. The Labute approximate surface area is 129 Å². The van der Waals surface area contributed by atoms with Crippen molar-refractivity contribution in [1.29, 1.82) is 0 Å². The van der Waals surface area contributed by atoms with E-state index < -0.39 is 0 Å². The van der Waals surface area contributed by atoms with Crippen LogP contribution in [0.1, 0.15) is 31.2 Å². The predicted molar refractivity (Wildman–Crippen MR) is 83.5 cm³/mol. The third-order valence-corrected chi connectivity index (χ3v) is 5.26. The van der Waals surface area contributed by atoms with Crippen LogP contribution in [0.4, 0.5) is 0 Å². The van der Waals surface area contributed by atoms with Crippen molar-refractivity contribution >= 4 is 22.3 Å². The molecule has 0 aliphatic carbocycles. The molecule has 0 aromatic heterocycles. The third kappa shape index (κ3) is 2.51. The number of amides is 1. The zero-order chi connectivity index (χ0) is 14.0. The summed E-state index contributed by atoms with van der Waals surface area (Å²) in [5, 5.41) is 0. The predicted octanol–water partition coefficient (Wildman–Crippen LogP) is 2.99. The minimum absolute atomic E-state index is 0.118. The Bertz CT molecular complexity index is 470. The second-order valence-electron chi connectivity index (χ2n) is 5.92. The van der Waals surface area contributed by atoms with E-state index in [1.807, 2.05) is 4.90 Å². The van der Waals surface area contributed by atoms with Gasteiger partial charge in [0.1, 0.15) is 0 Å². The van der Waals surface area contributed by atoms with Gasteiger partial charge in [0.05, 0.1) is 5.54 Å². The Hall–Kier alpha value is -0.870. The van der Waals surface area contributed by atoms with E-state index in [-0.39, 0.29) is 5.54 Å². The molecule has 1 amide bonds. The minimum atomic E-state index is -0.118. The Balaban J connectivity index is 1.93. The third-order valence-electron chi connectivity index (χ3n) is 4.73. The van der Waals surface area contributed by atoms with Gasteiger partial charge in [-0.05, 0) is 56.5 Å². The van der Waals surface area contributed by atoms with E-state index in [1.165, 1.54) is 31.5 Å². The molecule has 3 rings (SSSR count). The van der Waals surface area contributed by atoms with Gasteiger partial charge in [-0.25, -0.2) is 0 Å². The molecule has 1 aromatic carbocycles. The summed E-state index contributed by atoms with van der Waals surface area (Å²) in [5.41, 5.74) is 1.16. The quantitative estimate of drug-likeness (QED) is 0.789. The first kappa shape index (κ1) is 14.1. The van der Waals surface area contributed by atoms with E-state index in [0.717, 1.165) is 36.8 Å². The Kier molecular flexibility index (Phi) is 4.13. The molecule has 1 atom stereocenters. The number of halogens is 1. The standard InChI is InChI=1S/C16H21BrN2O/c17-15-6-4-14(5-7-15)16(8-3-11-19(16)13-20)12-18-9-1-2-10-18/h4-7,13H,1-3,8-12H2/t16-/m1/s1. The largest absolute Gasteiger partial charge is 0.334 e. The number of carbonyl (C=O) groups excluding carboxylic acids is 1. The zero-order valence-electron chi connectivity index (χ0n) is 11.7. The van der Waals surface area contributed by atoms with Crippen LogP contribution in [0.5, 0.6) is 0 Å². The highest BCUT2D eigenvalue weighted by atomic mass is 79.9. The summed E-state index contributed by atoms with van der Waals surface area (Å²) in [6.45, 7) is 4.21. The van der Waals surface area contributed by atoms with Crippen molar-refractivity contribution in [3.05, 3.63) is 34.3 Å². The van der Waals surface area contributed by atoms with Crippen LogP contribution in [-0.2, 0) is 10.3 Å². The molecule has 0 N–H and O–H groups in total. The van der Waals surface area contributed by atoms with Crippen molar-refractivity contribution in [3.8, 4) is 0 Å². The van der Waals surface area contributed by atoms with Crippen LogP contribution in [0, 0.1) is 0 Å². The first-order valence-corrected chi connectivity index (χ1v) is 8.24. The van der Waals surface area contributed by atoms with Crippen molar-refractivity contribution in [1.82, 2.24) is 9.80 Å². The van der Waals surface area contributed by atoms with E-state index >= 15 is 0 Å². The van der Waals surface area contributed by atoms with Crippen molar-refractivity contribution in [3.63, 3.8) is 0 Å². The first-order valence-electron chi connectivity index (χ1n) is 7.45. The summed E-state index contributed by atoms with van der Waals surface area (Å²) in [6.07, 6.45) is 5.80. The monoisotopic (exact) mass is 336 g/mol. The molecular formula is C16H21BrN2O. The molecule has 20 heavy (non-hydrogen) atoms. The number of benzene rings is 1. The second-order valence-corrected chi connectivity index (χ2v) is 6.84. The van der Waals surface area contributed by atoms with Crippen molar-refractivity contribution < 1.29 is 4.79 Å². The highest BCUT2D eigenvalue weighted by Crippen LogP contribution is 2.39. The maximum Gasteiger partial charge on any atom is 0.210 e. The second kappa shape index (κ2) is 5.86. The molecule has 0 unspecified atom stereocenters. The fourth-order valence-electron chi connectivity index (χ4n) is 3.70. The number of hydrogen-bond donors (Lipinski definition) is 0. The molecule has 1 aromatic rings. The van der Waals surface area contributed by atoms with E-state index in [0.29, 0.717) is 0 Å². The van der Waals surface area contributed by atoms with E-state index in [1.54, 1.807) is 0 Å². The van der Waals surface area contributed by atoms with Crippen LogP contribution >= 0.6 is 15.9 Å². The van der Waals surface area contributed by atoms with Gasteiger partial charge in [0.15, 0.2) is 0 Å². The average Bonchev–Trinajstić information content (AvgIpc) is 3.10. The molecular weight excluding hydrogens is 316 g/mol. The van der Waals surface area contributed by atoms with Gasteiger partial charge in [-0.3, -0.25) is 4.79 Å². The zero-order valence-corrected chi connectivity index (χ0v) is 13.3. The molecule has 2 aliphatic heterocycles. The minimum Gasteiger partial charge on any atom is -0.334 e. The molecule has 0 saturated carbocycles. The summed E-state index contributed by atoms with van der Waals surface area (Å²) in [6, 6.07) is 8.51. The molecule has 3 nitrogen and oxygen atoms in total. The topological polar surface area (TPSA) is 23.6 Å². The SMILES string of the molecule is O=CN1CCC[C@@]1(CN1CCCC1)c1ccc(Br)cc1. The van der Waals surface area contributed by atoms with Crippen LogP contribution in [0.25, 0.3) is 0 Å². The fourth-order valence-corrected chi connectivity index (χ4v) is 3.96. The number of rotatable bonds is 4. The van der Waals surface area contributed by atoms with Crippen molar-refractivity contribution in [2.75, 3.05) is 26.2 Å². The Morgan fingerprint density at radius 2 is 1.80 bits per heavy atom. The van der Waals surface area contributed by atoms with Gasteiger partial charge in [-0.1, -0.05) is 28.1 Å². The summed E-state index contributed by atoms with van der Waals surface area (Å²) in [4.78, 5) is 16.1. The van der Waals surface area contributed by atoms with Gasteiger partial charge < -0.3 is 9.80 Å². The summed E-state index contributed by atoms with van der Waals surface area (Å²) < 4.78 is 1.09. The van der Waals surface area contributed by atoms with Crippen LogP contribution in [0.15, 0.2) is 28.7 Å². The highest BCUT2D eigenvalue weighted by Gasteiger charge is 2.43. The first-order chi connectivity index (χ1) is 9.74. The summed E-state index contributed by atoms with van der Waals surface area (Å²) in [5.74, 6) is 0. The number of likely N-dealkylation sites (tertiary alicyclic amines) is 2. The molecule has 2 saturated heterocycles. The lowest BCUT2D eigenvalue weighted by Gasteiger charge is -2.40. The molecule has 2 aliphatic rings. The van der Waals surface area contributed by atoms with E-state index in [2.05, 4.69) is 45.1 Å². The van der Waals surface area contributed by atoms with Crippen LogP contribution in [0.2, 0.25) is 0 Å². The summed E-state index contributed by atoms with van der Waals surface area (Å²) >= 11 is 3.50. The molecule has 4 heteroatoms. The molecule has 2 fully saturated rings. The van der Waals surface area contributed by atoms with Crippen LogP contribution < -0.4 is 0 Å². The van der Waals surface area contributed by atoms with E-state index in [4.69, 9.17) is 0 Å². The average molecular weight is 337 g/mol. The normalized spacial score (nSPS) is 27.1. The van der Waals surface area contributed by atoms with Gasteiger partial charge in [0, 0.05) is 17.6 Å². The molecule has 0 bridgehead atoms. The Morgan fingerprint density at radius 3 is 2.45 bits per heavy atom. The maximum absolute atomic E-state index is 11.5.